The van der Waals surface area contributed by atoms with Crippen LogP contribution in [0.5, 0.6) is 17.2 Å². The predicted octanol–water partition coefficient (Wildman–Crippen LogP) is 5.61. The van der Waals surface area contributed by atoms with Crippen molar-refractivity contribution in [1.82, 2.24) is 4.40 Å². The Balaban J connectivity index is 1.81. The molecule has 0 radical (unpaired) electrons. The second-order valence-electron chi connectivity index (χ2n) is 7.32. The van der Waals surface area contributed by atoms with Crippen molar-refractivity contribution >= 4 is 28.1 Å². The molecule has 0 aliphatic rings. The van der Waals surface area contributed by atoms with Gasteiger partial charge in [0.05, 0.1) is 9.77 Å². The van der Waals surface area contributed by atoms with Crippen molar-refractivity contribution < 1.29 is 19.7 Å². The molecular weight excluding hydrogens is 521 g/mol. The SMILES string of the molecule is O=c1oc(-c2ccc(O)cc2)cn2cc(-c3ccc(O)c(I)c3)c(-c3ccc(O)cc3)c12. The largest absolute Gasteiger partial charge is 0.508 e. The molecule has 0 fully saturated rings. The third kappa shape index (κ3) is 3.50. The highest BCUT2D eigenvalue weighted by Gasteiger charge is 2.20. The molecule has 0 saturated heterocycles. The van der Waals surface area contributed by atoms with Crippen LogP contribution in [-0.2, 0) is 0 Å². The Morgan fingerprint density at radius 1 is 0.750 bits per heavy atom. The number of hydrogen-bond acceptors (Lipinski definition) is 5. The van der Waals surface area contributed by atoms with E-state index in [0.29, 0.717) is 26.0 Å². The zero-order valence-electron chi connectivity index (χ0n) is 16.5. The highest BCUT2D eigenvalue weighted by atomic mass is 127. The van der Waals surface area contributed by atoms with Gasteiger partial charge in [-0.05, 0) is 82.2 Å². The number of nitrogens with zero attached hydrogens (tertiary/aromatic N) is 1. The van der Waals surface area contributed by atoms with Crippen molar-refractivity contribution in [2.75, 3.05) is 0 Å². The number of aromatic nitrogens is 1. The van der Waals surface area contributed by atoms with Crippen LogP contribution in [0.2, 0.25) is 0 Å². The Morgan fingerprint density at radius 2 is 1.34 bits per heavy atom. The maximum absolute atomic E-state index is 13.1. The first-order chi connectivity index (χ1) is 15.4. The van der Waals surface area contributed by atoms with Crippen LogP contribution in [0.1, 0.15) is 0 Å². The molecule has 0 bridgehead atoms. The molecule has 0 aliphatic carbocycles. The molecule has 0 saturated carbocycles. The van der Waals surface area contributed by atoms with E-state index in [1.165, 1.54) is 12.1 Å². The number of phenols is 3. The maximum atomic E-state index is 13.1. The van der Waals surface area contributed by atoms with Gasteiger partial charge in [0.15, 0.2) is 5.76 Å². The smallest absolute Gasteiger partial charge is 0.361 e. The maximum Gasteiger partial charge on any atom is 0.361 e. The number of phenolic OH excluding ortho intramolecular Hbond substituents is 3. The molecule has 6 nitrogen and oxygen atoms in total. The van der Waals surface area contributed by atoms with Gasteiger partial charge in [-0.2, -0.15) is 0 Å². The van der Waals surface area contributed by atoms with Gasteiger partial charge in [-0.3, -0.25) is 0 Å². The highest BCUT2D eigenvalue weighted by molar-refractivity contribution is 14.1. The number of rotatable bonds is 3. The summed E-state index contributed by atoms with van der Waals surface area (Å²) in [5.41, 5.74) is 3.51. The summed E-state index contributed by atoms with van der Waals surface area (Å²) in [4.78, 5) is 13.1. The van der Waals surface area contributed by atoms with Crippen LogP contribution >= 0.6 is 22.6 Å². The Bertz CT molecular complexity index is 1520. The van der Waals surface area contributed by atoms with Crippen LogP contribution in [0.3, 0.4) is 0 Å². The fourth-order valence-corrected chi connectivity index (χ4v) is 4.22. The Hall–Kier alpha value is -3.72. The minimum atomic E-state index is -0.515. The summed E-state index contributed by atoms with van der Waals surface area (Å²) in [5.74, 6) is 0.789. The second kappa shape index (κ2) is 7.76. The van der Waals surface area contributed by atoms with E-state index in [0.717, 1.165) is 16.7 Å². The molecule has 0 unspecified atom stereocenters. The topological polar surface area (TPSA) is 95.3 Å². The van der Waals surface area contributed by atoms with Gasteiger partial charge in [0.25, 0.3) is 0 Å². The monoisotopic (exact) mass is 537 g/mol. The van der Waals surface area contributed by atoms with E-state index in [9.17, 15) is 20.1 Å². The average molecular weight is 537 g/mol. The van der Waals surface area contributed by atoms with Crippen molar-refractivity contribution in [3.8, 4) is 50.8 Å². The van der Waals surface area contributed by atoms with Crippen LogP contribution in [0.15, 0.2) is 88.3 Å². The lowest BCUT2D eigenvalue weighted by molar-refractivity contribution is 0.471. The van der Waals surface area contributed by atoms with E-state index in [2.05, 4.69) is 22.6 Å². The summed E-state index contributed by atoms with van der Waals surface area (Å²) >= 11 is 2.06. The van der Waals surface area contributed by atoms with Gasteiger partial charge in [-0.1, -0.05) is 18.2 Å². The first kappa shape index (κ1) is 20.2. The molecule has 158 valence electrons. The fourth-order valence-electron chi connectivity index (χ4n) is 3.71. The molecule has 0 aliphatic heterocycles. The third-order valence-electron chi connectivity index (χ3n) is 5.25. The van der Waals surface area contributed by atoms with E-state index in [-0.39, 0.29) is 17.2 Å². The zero-order chi connectivity index (χ0) is 22.4. The van der Waals surface area contributed by atoms with Crippen molar-refractivity contribution in [2.45, 2.75) is 0 Å². The van der Waals surface area contributed by atoms with E-state index in [4.69, 9.17) is 4.42 Å². The van der Waals surface area contributed by atoms with Crippen molar-refractivity contribution in [1.29, 1.82) is 0 Å². The van der Waals surface area contributed by atoms with E-state index in [1.807, 2.05) is 12.3 Å². The lowest BCUT2D eigenvalue weighted by Crippen LogP contribution is -2.05. The minimum Gasteiger partial charge on any atom is -0.508 e. The third-order valence-corrected chi connectivity index (χ3v) is 6.12. The summed E-state index contributed by atoms with van der Waals surface area (Å²) in [6.07, 6.45) is 3.57. The molecule has 7 heteroatoms. The van der Waals surface area contributed by atoms with Crippen LogP contribution in [0, 0.1) is 3.57 Å². The first-order valence-corrected chi connectivity index (χ1v) is 10.7. The molecule has 0 amide bonds. The average Bonchev–Trinajstić information content (AvgIpc) is 3.17. The zero-order valence-corrected chi connectivity index (χ0v) is 18.6. The predicted molar refractivity (Wildman–Crippen MR) is 130 cm³/mol. The van der Waals surface area contributed by atoms with Gasteiger partial charge in [0, 0.05) is 22.9 Å². The van der Waals surface area contributed by atoms with Crippen LogP contribution in [-0.4, -0.2) is 19.7 Å². The van der Waals surface area contributed by atoms with Gasteiger partial charge >= 0.3 is 5.63 Å². The Kier molecular flexibility index (Phi) is 4.90. The van der Waals surface area contributed by atoms with Gasteiger partial charge < -0.3 is 24.1 Å². The summed E-state index contributed by atoms with van der Waals surface area (Å²) in [5, 5.41) is 29.2. The van der Waals surface area contributed by atoms with Crippen molar-refractivity contribution in [3.05, 3.63) is 93.1 Å². The number of hydrogen-bond donors (Lipinski definition) is 3. The summed E-state index contributed by atoms with van der Waals surface area (Å²) in [7, 11) is 0. The van der Waals surface area contributed by atoms with Gasteiger partial charge in [-0.15, -0.1) is 0 Å². The molecule has 32 heavy (non-hydrogen) atoms. The Morgan fingerprint density at radius 3 is 1.97 bits per heavy atom. The number of halogens is 1. The first-order valence-electron chi connectivity index (χ1n) is 9.67. The van der Waals surface area contributed by atoms with Gasteiger partial charge in [0.1, 0.15) is 22.8 Å². The molecular formula is C25H16INO5. The molecule has 2 heterocycles. The van der Waals surface area contributed by atoms with Gasteiger partial charge in [-0.25, -0.2) is 4.79 Å². The summed E-state index contributed by atoms with van der Waals surface area (Å²) in [6, 6.07) is 18.3. The van der Waals surface area contributed by atoms with E-state index >= 15 is 0 Å². The van der Waals surface area contributed by atoms with E-state index in [1.54, 1.807) is 59.1 Å². The molecule has 0 atom stereocenters. The second-order valence-corrected chi connectivity index (χ2v) is 8.48. The van der Waals surface area contributed by atoms with Crippen LogP contribution in [0.25, 0.3) is 39.1 Å². The van der Waals surface area contributed by atoms with Gasteiger partial charge in [0.2, 0.25) is 0 Å². The molecule has 2 aromatic heterocycles. The van der Waals surface area contributed by atoms with Crippen molar-refractivity contribution in [3.63, 3.8) is 0 Å². The number of fused-ring (bicyclic) bond motifs is 1. The molecule has 3 N–H and O–H groups in total. The Labute approximate surface area is 195 Å². The summed E-state index contributed by atoms with van der Waals surface area (Å²) < 4.78 is 8.06. The number of benzene rings is 3. The fraction of sp³-hybridized carbons (Fsp3) is 0. The van der Waals surface area contributed by atoms with E-state index < -0.39 is 5.63 Å². The molecule has 5 rings (SSSR count). The quantitative estimate of drug-likeness (QED) is 0.260. The summed E-state index contributed by atoms with van der Waals surface area (Å²) in [6.45, 7) is 0. The van der Waals surface area contributed by atoms with Crippen LogP contribution in [0.4, 0.5) is 0 Å². The minimum absolute atomic E-state index is 0.122. The molecule has 3 aromatic carbocycles. The molecule has 0 spiro atoms. The number of aromatic hydroxyl groups is 3. The van der Waals surface area contributed by atoms with Crippen LogP contribution < -0.4 is 5.63 Å². The lowest BCUT2D eigenvalue weighted by atomic mass is 9.97. The normalized spacial score (nSPS) is 11.2. The highest BCUT2D eigenvalue weighted by Crippen LogP contribution is 2.38. The van der Waals surface area contributed by atoms with Crippen molar-refractivity contribution in [2.24, 2.45) is 0 Å². The standard InChI is InChI=1S/C25H16INO5/c26-20-11-16(5-10-21(20)30)19-12-27-13-22(14-1-6-17(28)7-2-14)32-25(31)24(27)23(19)15-3-8-18(29)9-4-15/h1-13,28-30H. The molecule has 5 aromatic rings. The lowest BCUT2D eigenvalue weighted by Gasteiger charge is -2.07.